The summed E-state index contributed by atoms with van der Waals surface area (Å²) in [6, 6.07) is 8.38. The van der Waals surface area contributed by atoms with Gasteiger partial charge in [-0.3, -0.25) is 0 Å². The van der Waals surface area contributed by atoms with E-state index in [9.17, 15) is 0 Å². The molecule has 0 amide bonds. The molecule has 96 valence electrons. The van der Waals surface area contributed by atoms with Crippen molar-refractivity contribution < 1.29 is 5.11 Å². The quantitative estimate of drug-likeness (QED) is 0.763. The number of benzene rings is 1. The summed E-state index contributed by atoms with van der Waals surface area (Å²) >= 11 is 0. The molecule has 3 nitrogen and oxygen atoms in total. The van der Waals surface area contributed by atoms with Gasteiger partial charge >= 0.3 is 0 Å². The van der Waals surface area contributed by atoms with Gasteiger partial charge in [0.1, 0.15) is 0 Å². The number of anilines is 1. The lowest BCUT2D eigenvalue weighted by molar-refractivity contribution is 0.301. The normalized spacial score (nSPS) is 12.5. The average Bonchev–Trinajstić information content (AvgIpc) is 2.34. The van der Waals surface area contributed by atoms with Crippen LogP contribution in [0.4, 0.5) is 5.69 Å². The Bertz CT molecular complexity index is 309. The van der Waals surface area contributed by atoms with Crippen molar-refractivity contribution >= 4 is 5.69 Å². The van der Waals surface area contributed by atoms with Crippen LogP contribution in [0.3, 0.4) is 0 Å². The molecular formula is C14H24N2O. The summed E-state index contributed by atoms with van der Waals surface area (Å²) < 4.78 is 0. The lowest BCUT2D eigenvalue weighted by Crippen LogP contribution is -2.27. The van der Waals surface area contributed by atoms with Crippen LogP contribution >= 0.6 is 0 Å². The minimum atomic E-state index is 0.0750. The zero-order valence-corrected chi connectivity index (χ0v) is 10.9. The van der Waals surface area contributed by atoms with Gasteiger partial charge in [-0.05, 0) is 31.0 Å². The van der Waals surface area contributed by atoms with Crippen molar-refractivity contribution in [2.24, 2.45) is 5.73 Å². The summed E-state index contributed by atoms with van der Waals surface area (Å²) in [5, 5.41) is 9.08. The third-order valence-electron chi connectivity index (χ3n) is 2.94. The van der Waals surface area contributed by atoms with E-state index >= 15 is 0 Å². The van der Waals surface area contributed by atoms with Crippen molar-refractivity contribution in [1.29, 1.82) is 0 Å². The third-order valence-corrected chi connectivity index (χ3v) is 2.94. The van der Waals surface area contributed by atoms with Crippen LogP contribution in [0.5, 0.6) is 0 Å². The maximum absolute atomic E-state index is 9.08. The van der Waals surface area contributed by atoms with E-state index in [0.717, 1.165) is 24.2 Å². The second kappa shape index (κ2) is 7.30. The fourth-order valence-corrected chi connectivity index (χ4v) is 1.83. The molecule has 1 aromatic rings. The Labute approximate surface area is 104 Å². The van der Waals surface area contributed by atoms with E-state index < -0.39 is 0 Å². The highest BCUT2D eigenvalue weighted by Crippen LogP contribution is 2.18. The summed E-state index contributed by atoms with van der Waals surface area (Å²) in [6.45, 7) is 6.04. The summed E-state index contributed by atoms with van der Waals surface area (Å²) in [5.74, 6) is 0. The number of nitrogens with zero attached hydrogens (tertiary/aromatic N) is 1. The van der Waals surface area contributed by atoms with Crippen LogP contribution in [0.1, 0.15) is 38.3 Å². The molecule has 1 aromatic carbocycles. The molecule has 0 aliphatic heterocycles. The maximum Gasteiger partial charge on any atom is 0.0606 e. The largest absolute Gasteiger partial charge is 0.395 e. The number of unbranched alkanes of at least 4 members (excludes halogenated alkanes) is 1. The van der Waals surface area contributed by atoms with Crippen LogP contribution < -0.4 is 10.6 Å². The maximum atomic E-state index is 9.08. The SMILES string of the molecule is CCCCN(CCO)c1ccc(C(C)N)cc1. The Hall–Kier alpha value is -1.06. The molecule has 1 rings (SSSR count). The van der Waals surface area contributed by atoms with Crippen molar-refractivity contribution in [2.45, 2.75) is 32.7 Å². The van der Waals surface area contributed by atoms with Gasteiger partial charge in [-0.15, -0.1) is 0 Å². The number of nitrogens with two attached hydrogens (primary N) is 1. The van der Waals surface area contributed by atoms with E-state index in [4.69, 9.17) is 10.8 Å². The molecule has 17 heavy (non-hydrogen) atoms. The molecule has 0 saturated heterocycles. The molecule has 1 atom stereocenters. The highest BCUT2D eigenvalue weighted by molar-refractivity contribution is 5.48. The molecule has 0 spiro atoms. The Kier molecular flexibility index (Phi) is 6.01. The highest BCUT2D eigenvalue weighted by Gasteiger charge is 2.06. The molecule has 0 heterocycles. The molecule has 0 aliphatic rings. The zero-order chi connectivity index (χ0) is 12.7. The predicted octanol–water partition coefficient (Wildman–Crippen LogP) is 2.31. The highest BCUT2D eigenvalue weighted by atomic mass is 16.3. The smallest absolute Gasteiger partial charge is 0.0606 e. The lowest BCUT2D eigenvalue weighted by atomic mass is 10.1. The first-order valence-electron chi connectivity index (χ1n) is 6.40. The van der Waals surface area contributed by atoms with Crippen LogP contribution in [0.25, 0.3) is 0 Å². The standard InChI is InChI=1S/C14H24N2O/c1-3-4-9-16(10-11-17)14-7-5-13(6-8-14)12(2)15/h5-8,12,17H,3-4,9-11,15H2,1-2H3. The van der Waals surface area contributed by atoms with Crippen LogP contribution in [0.15, 0.2) is 24.3 Å². The molecular weight excluding hydrogens is 212 g/mol. The second-order valence-corrected chi connectivity index (χ2v) is 4.44. The van der Waals surface area contributed by atoms with E-state index in [2.05, 4.69) is 36.1 Å². The van der Waals surface area contributed by atoms with E-state index in [-0.39, 0.29) is 12.6 Å². The number of hydrogen-bond acceptors (Lipinski definition) is 3. The Morgan fingerprint density at radius 1 is 1.24 bits per heavy atom. The minimum Gasteiger partial charge on any atom is -0.395 e. The van der Waals surface area contributed by atoms with E-state index in [1.807, 2.05) is 6.92 Å². The van der Waals surface area contributed by atoms with Crippen molar-refractivity contribution in [1.82, 2.24) is 0 Å². The average molecular weight is 236 g/mol. The van der Waals surface area contributed by atoms with Crippen LogP contribution in [0.2, 0.25) is 0 Å². The summed E-state index contributed by atoms with van der Waals surface area (Å²) in [5.41, 5.74) is 8.14. The fraction of sp³-hybridized carbons (Fsp3) is 0.571. The molecule has 3 N–H and O–H groups in total. The third kappa shape index (κ3) is 4.36. The first-order valence-corrected chi connectivity index (χ1v) is 6.40. The first kappa shape index (κ1) is 14.0. The van der Waals surface area contributed by atoms with Crippen LogP contribution in [-0.2, 0) is 0 Å². The van der Waals surface area contributed by atoms with E-state index in [1.165, 1.54) is 6.42 Å². The van der Waals surface area contributed by atoms with Gasteiger partial charge in [0.05, 0.1) is 6.61 Å². The Morgan fingerprint density at radius 2 is 1.88 bits per heavy atom. The summed E-state index contributed by atoms with van der Waals surface area (Å²) in [4.78, 5) is 2.22. The van der Waals surface area contributed by atoms with Gasteiger partial charge in [0.15, 0.2) is 0 Å². The van der Waals surface area contributed by atoms with Gasteiger partial charge in [0, 0.05) is 24.8 Å². The van der Waals surface area contributed by atoms with Crippen LogP contribution in [0, 0.1) is 0 Å². The summed E-state index contributed by atoms with van der Waals surface area (Å²) in [6.07, 6.45) is 2.31. The number of hydrogen-bond donors (Lipinski definition) is 2. The molecule has 0 radical (unpaired) electrons. The van der Waals surface area contributed by atoms with Gasteiger partial charge in [0.2, 0.25) is 0 Å². The first-order chi connectivity index (χ1) is 8.19. The van der Waals surface area contributed by atoms with Crippen molar-refractivity contribution in [3.63, 3.8) is 0 Å². The van der Waals surface area contributed by atoms with E-state index in [1.54, 1.807) is 0 Å². The molecule has 0 bridgehead atoms. The Morgan fingerprint density at radius 3 is 2.35 bits per heavy atom. The van der Waals surface area contributed by atoms with Gasteiger partial charge in [-0.2, -0.15) is 0 Å². The van der Waals surface area contributed by atoms with Crippen molar-refractivity contribution in [2.75, 3.05) is 24.6 Å². The second-order valence-electron chi connectivity index (χ2n) is 4.44. The number of aliphatic hydroxyl groups excluding tert-OH is 1. The van der Waals surface area contributed by atoms with E-state index in [0.29, 0.717) is 6.54 Å². The zero-order valence-electron chi connectivity index (χ0n) is 10.9. The number of rotatable bonds is 7. The molecule has 0 saturated carbocycles. The molecule has 1 unspecified atom stereocenters. The predicted molar refractivity (Wildman–Crippen MR) is 73.3 cm³/mol. The van der Waals surface area contributed by atoms with Crippen molar-refractivity contribution in [3.8, 4) is 0 Å². The molecule has 0 fully saturated rings. The van der Waals surface area contributed by atoms with Gasteiger partial charge in [0.25, 0.3) is 0 Å². The summed E-state index contributed by atoms with van der Waals surface area (Å²) in [7, 11) is 0. The Balaban J connectivity index is 2.72. The fourth-order valence-electron chi connectivity index (χ4n) is 1.83. The minimum absolute atomic E-state index is 0.0750. The van der Waals surface area contributed by atoms with Crippen molar-refractivity contribution in [3.05, 3.63) is 29.8 Å². The van der Waals surface area contributed by atoms with Crippen LogP contribution in [-0.4, -0.2) is 24.8 Å². The van der Waals surface area contributed by atoms with Gasteiger partial charge in [-0.25, -0.2) is 0 Å². The molecule has 0 aromatic heterocycles. The monoisotopic (exact) mass is 236 g/mol. The molecule has 0 aliphatic carbocycles. The topological polar surface area (TPSA) is 49.5 Å². The van der Waals surface area contributed by atoms with Gasteiger partial charge < -0.3 is 15.7 Å². The lowest BCUT2D eigenvalue weighted by Gasteiger charge is -2.24. The van der Waals surface area contributed by atoms with Gasteiger partial charge in [-0.1, -0.05) is 25.5 Å². The molecule has 3 heteroatoms. The number of aliphatic hydroxyl groups is 1.